The van der Waals surface area contributed by atoms with Gasteiger partial charge in [-0.05, 0) is 54.6 Å². The summed E-state index contributed by atoms with van der Waals surface area (Å²) in [6.45, 7) is 2.30. The van der Waals surface area contributed by atoms with E-state index in [0.717, 1.165) is 5.92 Å². The Hall–Kier alpha value is -0.780. The van der Waals surface area contributed by atoms with Gasteiger partial charge in [0.1, 0.15) is 0 Å². The lowest BCUT2D eigenvalue weighted by Crippen LogP contribution is -2.18. The van der Waals surface area contributed by atoms with Crippen molar-refractivity contribution in [3.05, 3.63) is 35.4 Å². The lowest BCUT2D eigenvalue weighted by atomic mass is 9.78. The first-order chi connectivity index (χ1) is 8.87. The highest BCUT2D eigenvalue weighted by atomic mass is 14.6. The van der Waals surface area contributed by atoms with E-state index in [1.165, 1.54) is 57.8 Å². The highest BCUT2D eigenvalue weighted by Crippen LogP contribution is 2.62. The molecule has 2 atom stereocenters. The van der Waals surface area contributed by atoms with E-state index >= 15 is 0 Å². The van der Waals surface area contributed by atoms with Crippen LogP contribution in [0.2, 0.25) is 0 Å². The van der Waals surface area contributed by atoms with Crippen LogP contribution in [0.4, 0.5) is 0 Å². The first-order valence-corrected chi connectivity index (χ1v) is 7.95. The molecule has 1 fully saturated rings. The Labute approximate surface area is 112 Å². The summed E-state index contributed by atoms with van der Waals surface area (Å²) in [6.07, 6.45) is 12.9. The van der Waals surface area contributed by atoms with Crippen LogP contribution in [0.25, 0.3) is 0 Å². The Bertz CT molecular complexity index is 406. The molecule has 0 nitrogen and oxygen atoms in total. The van der Waals surface area contributed by atoms with Crippen molar-refractivity contribution in [3.8, 4) is 0 Å². The first kappa shape index (κ1) is 12.3. The van der Waals surface area contributed by atoms with Gasteiger partial charge < -0.3 is 0 Å². The van der Waals surface area contributed by atoms with Crippen LogP contribution in [0.15, 0.2) is 24.3 Å². The summed E-state index contributed by atoms with van der Waals surface area (Å²) < 4.78 is 0. The maximum Gasteiger partial charge on any atom is -0.00126 e. The number of aryl methyl sites for hydroxylation is 1. The molecule has 2 aliphatic carbocycles. The van der Waals surface area contributed by atoms with Crippen molar-refractivity contribution in [1.82, 2.24) is 0 Å². The second-order valence-electron chi connectivity index (χ2n) is 6.42. The smallest absolute Gasteiger partial charge is 0.00126 e. The first-order valence-electron chi connectivity index (χ1n) is 7.95. The van der Waals surface area contributed by atoms with Crippen molar-refractivity contribution < 1.29 is 0 Å². The molecule has 1 aromatic carbocycles. The highest BCUT2D eigenvalue weighted by molar-refractivity contribution is 5.42. The topological polar surface area (TPSA) is 0 Å². The van der Waals surface area contributed by atoms with Crippen LogP contribution in [0, 0.1) is 5.92 Å². The molecule has 3 rings (SSSR count). The molecule has 0 bridgehead atoms. The minimum atomic E-state index is 0.626. The van der Waals surface area contributed by atoms with E-state index in [2.05, 4.69) is 31.2 Å². The van der Waals surface area contributed by atoms with Gasteiger partial charge in [-0.15, -0.1) is 0 Å². The van der Waals surface area contributed by atoms with E-state index < -0.39 is 0 Å². The van der Waals surface area contributed by atoms with Gasteiger partial charge in [-0.2, -0.15) is 0 Å². The van der Waals surface area contributed by atoms with E-state index in [4.69, 9.17) is 0 Å². The molecular weight excluding hydrogens is 216 g/mol. The third kappa shape index (κ3) is 2.11. The molecule has 0 aliphatic heterocycles. The van der Waals surface area contributed by atoms with Crippen LogP contribution < -0.4 is 0 Å². The number of fused-ring (bicyclic) bond motifs is 2. The fraction of sp³-hybridized carbons (Fsp3) is 0.667. The normalized spacial score (nSPS) is 29.3. The summed E-state index contributed by atoms with van der Waals surface area (Å²) in [5.41, 5.74) is 4.00. The number of unbranched alkanes of at least 4 members (excludes halogenated alkanes) is 3. The molecule has 1 saturated carbocycles. The van der Waals surface area contributed by atoms with Crippen LogP contribution in [-0.4, -0.2) is 0 Å². The number of benzene rings is 1. The Morgan fingerprint density at radius 1 is 1.17 bits per heavy atom. The second kappa shape index (κ2) is 5.07. The van der Waals surface area contributed by atoms with Gasteiger partial charge in [0.25, 0.3) is 0 Å². The van der Waals surface area contributed by atoms with Gasteiger partial charge in [0.05, 0.1) is 0 Å². The predicted molar refractivity (Wildman–Crippen MR) is 77.9 cm³/mol. The van der Waals surface area contributed by atoms with Crippen LogP contribution in [0.1, 0.15) is 69.4 Å². The molecule has 1 aromatic rings. The van der Waals surface area contributed by atoms with Gasteiger partial charge in [0.2, 0.25) is 0 Å². The number of hydrogen-bond donors (Lipinski definition) is 0. The van der Waals surface area contributed by atoms with Crippen molar-refractivity contribution in [2.45, 2.75) is 70.1 Å². The lowest BCUT2D eigenvalue weighted by molar-refractivity contribution is 0.469. The molecule has 0 radical (unpaired) electrons. The van der Waals surface area contributed by atoms with E-state index in [1.807, 2.05) is 0 Å². The summed E-state index contributed by atoms with van der Waals surface area (Å²) in [5.74, 6) is 1.01. The van der Waals surface area contributed by atoms with Gasteiger partial charge >= 0.3 is 0 Å². The molecule has 2 unspecified atom stereocenters. The van der Waals surface area contributed by atoms with Crippen molar-refractivity contribution in [1.29, 1.82) is 0 Å². The van der Waals surface area contributed by atoms with E-state index in [0.29, 0.717) is 5.41 Å². The molecule has 1 spiro atoms. The molecule has 0 N–H and O–H groups in total. The maximum atomic E-state index is 2.42. The Morgan fingerprint density at radius 2 is 2.06 bits per heavy atom. The predicted octanol–water partition coefficient (Wildman–Crippen LogP) is 5.25. The molecule has 0 amide bonds. The SMILES string of the molecule is CCCCCCC1CC12CCCc1ccccc12. The van der Waals surface area contributed by atoms with Crippen LogP contribution in [0.3, 0.4) is 0 Å². The van der Waals surface area contributed by atoms with Crippen LogP contribution >= 0.6 is 0 Å². The molecule has 0 saturated heterocycles. The zero-order valence-corrected chi connectivity index (χ0v) is 11.8. The fourth-order valence-corrected chi connectivity index (χ4v) is 4.17. The van der Waals surface area contributed by atoms with Gasteiger partial charge in [-0.1, -0.05) is 56.9 Å². The minimum absolute atomic E-state index is 0.626. The summed E-state index contributed by atoms with van der Waals surface area (Å²) in [4.78, 5) is 0. The second-order valence-corrected chi connectivity index (χ2v) is 6.42. The third-order valence-corrected chi connectivity index (χ3v) is 5.26. The largest absolute Gasteiger partial charge is 0.0654 e. The lowest BCUT2D eigenvalue weighted by Gasteiger charge is -2.26. The van der Waals surface area contributed by atoms with Gasteiger partial charge in [-0.25, -0.2) is 0 Å². The van der Waals surface area contributed by atoms with Crippen molar-refractivity contribution in [3.63, 3.8) is 0 Å². The summed E-state index contributed by atoms with van der Waals surface area (Å²) in [5, 5.41) is 0. The summed E-state index contributed by atoms with van der Waals surface area (Å²) in [6, 6.07) is 9.25. The number of hydrogen-bond acceptors (Lipinski definition) is 0. The highest BCUT2D eigenvalue weighted by Gasteiger charge is 2.55. The molecule has 18 heavy (non-hydrogen) atoms. The Kier molecular flexibility index (Phi) is 3.46. The summed E-state index contributed by atoms with van der Waals surface area (Å²) >= 11 is 0. The van der Waals surface area contributed by atoms with Crippen molar-refractivity contribution in [2.24, 2.45) is 5.92 Å². The molecule has 98 valence electrons. The zero-order chi connectivity index (χ0) is 12.4. The van der Waals surface area contributed by atoms with E-state index in [9.17, 15) is 0 Å². The van der Waals surface area contributed by atoms with Crippen LogP contribution in [-0.2, 0) is 11.8 Å². The molecule has 2 aliphatic rings. The van der Waals surface area contributed by atoms with Crippen molar-refractivity contribution in [2.75, 3.05) is 0 Å². The monoisotopic (exact) mass is 242 g/mol. The Morgan fingerprint density at radius 3 is 2.94 bits per heavy atom. The maximum absolute atomic E-state index is 2.42. The fourth-order valence-electron chi connectivity index (χ4n) is 4.17. The minimum Gasteiger partial charge on any atom is -0.0654 e. The van der Waals surface area contributed by atoms with E-state index in [1.54, 1.807) is 11.1 Å². The van der Waals surface area contributed by atoms with Gasteiger partial charge in [-0.3, -0.25) is 0 Å². The molecule has 0 heterocycles. The third-order valence-electron chi connectivity index (χ3n) is 5.26. The molecular formula is C18H26. The quantitative estimate of drug-likeness (QED) is 0.618. The standard InChI is InChI=1S/C18H26/c1-2-3-4-5-11-16-14-18(16)13-8-10-15-9-6-7-12-17(15)18/h6-7,9,12,16H,2-5,8,10-11,13-14H2,1H3. The molecule has 0 heteroatoms. The van der Waals surface area contributed by atoms with Gasteiger partial charge in [0.15, 0.2) is 0 Å². The zero-order valence-electron chi connectivity index (χ0n) is 11.8. The van der Waals surface area contributed by atoms with E-state index in [-0.39, 0.29) is 0 Å². The number of rotatable bonds is 5. The summed E-state index contributed by atoms with van der Waals surface area (Å²) in [7, 11) is 0. The molecule has 0 aromatic heterocycles. The van der Waals surface area contributed by atoms with Crippen molar-refractivity contribution >= 4 is 0 Å². The Balaban J connectivity index is 1.64. The average Bonchev–Trinajstić information content (AvgIpc) is 3.09. The van der Waals surface area contributed by atoms with Gasteiger partial charge in [0, 0.05) is 0 Å². The average molecular weight is 242 g/mol. The van der Waals surface area contributed by atoms with Crippen LogP contribution in [0.5, 0.6) is 0 Å².